The first-order chi connectivity index (χ1) is 10.3. The van der Waals surface area contributed by atoms with Crippen molar-refractivity contribution in [3.8, 4) is 0 Å². The van der Waals surface area contributed by atoms with Crippen LogP contribution in [0.2, 0.25) is 0 Å². The second kappa shape index (κ2) is 8.74. The highest BCUT2D eigenvalue weighted by molar-refractivity contribution is 5.89. The standard InChI is InChI=1S/C16H30N2O5/c1-9(2)8-11(14(20)21)17-13(19)12(10(3)4)18-15(22)23-16(5,6)7/h9-12H,8H2,1-7H3,(H,17,19)(H,18,22)(H,20,21)/p-1/t11-,12-/m0/s1. The highest BCUT2D eigenvalue weighted by Gasteiger charge is 2.28. The Labute approximate surface area is 138 Å². The fraction of sp³-hybridized carbons (Fsp3) is 0.812. The van der Waals surface area contributed by atoms with Gasteiger partial charge in [-0.3, -0.25) is 4.79 Å². The van der Waals surface area contributed by atoms with Gasteiger partial charge >= 0.3 is 6.09 Å². The van der Waals surface area contributed by atoms with Crippen molar-refractivity contribution in [1.29, 1.82) is 0 Å². The zero-order chi connectivity index (χ0) is 18.4. The molecule has 0 rings (SSSR count). The van der Waals surface area contributed by atoms with E-state index in [1.54, 1.807) is 34.6 Å². The van der Waals surface area contributed by atoms with Crippen LogP contribution in [0.4, 0.5) is 4.79 Å². The van der Waals surface area contributed by atoms with Crippen molar-refractivity contribution >= 4 is 18.0 Å². The number of carboxylic acids is 1. The molecule has 0 aromatic rings. The minimum absolute atomic E-state index is 0.0783. The summed E-state index contributed by atoms with van der Waals surface area (Å²) in [6.45, 7) is 12.3. The highest BCUT2D eigenvalue weighted by atomic mass is 16.6. The van der Waals surface area contributed by atoms with Gasteiger partial charge in [0.25, 0.3) is 0 Å². The third kappa shape index (κ3) is 9.05. The van der Waals surface area contributed by atoms with Gasteiger partial charge in [0.05, 0.1) is 12.0 Å². The average Bonchev–Trinajstić information content (AvgIpc) is 2.31. The molecule has 0 fully saturated rings. The summed E-state index contributed by atoms with van der Waals surface area (Å²) in [5, 5.41) is 16.0. The molecule has 134 valence electrons. The topological polar surface area (TPSA) is 108 Å². The average molecular weight is 329 g/mol. The molecule has 0 aliphatic rings. The van der Waals surface area contributed by atoms with Crippen molar-refractivity contribution in [2.75, 3.05) is 0 Å². The molecule has 2 atom stereocenters. The zero-order valence-electron chi connectivity index (χ0n) is 15.1. The quantitative estimate of drug-likeness (QED) is 0.719. The molecule has 0 bridgehead atoms. The SMILES string of the molecule is CC(C)C[C@H](NC(=O)[C@@H](NC(=O)OC(C)(C)C)C(C)C)C(=O)[O-]. The number of hydrogen-bond donors (Lipinski definition) is 2. The van der Waals surface area contributed by atoms with Crippen molar-refractivity contribution in [3.05, 3.63) is 0 Å². The van der Waals surface area contributed by atoms with E-state index in [1.807, 2.05) is 13.8 Å². The monoisotopic (exact) mass is 329 g/mol. The molecule has 0 radical (unpaired) electrons. The number of hydrogen-bond acceptors (Lipinski definition) is 5. The minimum atomic E-state index is -1.34. The van der Waals surface area contributed by atoms with Crippen LogP contribution in [0.1, 0.15) is 54.9 Å². The molecule has 7 heteroatoms. The Morgan fingerprint density at radius 1 is 1.04 bits per heavy atom. The third-order valence-corrected chi connectivity index (χ3v) is 2.93. The Morgan fingerprint density at radius 3 is 1.91 bits per heavy atom. The summed E-state index contributed by atoms with van der Waals surface area (Å²) in [7, 11) is 0. The van der Waals surface area contributed by atoms with Crippen molar-refractivity contribution in [2.24, 2.45) is 11.8 Å². The number of amides is 2. The van der Waals surface area contributed by atoms with E-state index in [0.29, 0.717) is 0 Å². The van der Waals surface area contributed by atoms with Gasteiger partial charge in [-0.25, -0.2) is 4.79 Å². The van der Waals surface area contributed by atoms with Crippen LogP contribution in [0.25, 0.3) is 0 Å². The molecule has 0 unspecified atom stereocenters. The first-order valence-corrected chi connectivity index (χ1v) is 7.84. The Hall–Kier alpha value is -1.79. The molecule has 2 amide bonds. The summed E-state index contributed by atoms with van der Waals surface area (Å²) < 4.78 is 5.13. The molecule has 2 N–H and O–H groups in total. The van der Waals surface area contributed by atoms with Gasteiger partial charge in [-0.2, -0.15) is 0 Å². The summed E-state index contributed by atoms with van der Waals surface area (Å²) in [6, 6.07) is -1.98. The fourth-order valence-corrected chi connectivity index (χ4v) is 1.92. The van der Waals surface area contributed by atoms with Crippen molar-refractivity contribution < 1.29 is 24.2 Å². The van der Waals surface area contributed by atoms with Gasteiger partial charge in [0.2, 0.25) is 5.91 Å². The first kappa shape index (κ1) is 21.2. The lowest BCUT2D eigenvalue weighted by atomic mass is 10.0. The van der Waals surface area contributed by atoms with Gasteiger partial charge in [-0.05, 0) is 39.0 Å². The van der Waals surface area contributed by atoms with Crippen molar-refractivity contribution in [2.45, 2.75) is 72.6 Å². The molecule has 0 aliphatic heterocycles. The Bertz CT molecular complexity index is 427. The molecular formula is C16H29N2O5-. The van der Waals surface area contributed by atoms with Gasteiger partial charge in [0, 0.05) is 0 Å². The lowest BCUT2D eigenvalue weighted by Crippen LogP contribution is -2.56. The maximum Gasteiger partial charge on any atom is 0.408 e. The molecule has 0 heterocycles. The lowest BCUT2D eigenvalue weighted by molar-refractivity contribution is -0.308. The number of carbonyl (C=O) groups is 3. The molecule has 0 aromatic carbocycles. The van der Waals surface area contributed by atoms with Crippen molar-refractivity contribution in [1.82, 2.24) is 10.6 Å². The van der Waals surface area contributed by atoms with Crippen LogP contribution in [0.5, 0.6) is 0 Å². The van der Waals surface area contributed by atoms with E-state index in [0.717, 1.165) is 0 Å². The van der Waals surface area contributed by atoms with E-state index in [4.69, 9.17) is 4.74 Å². The summed E-state index contributed by atoms with van der Waals surface area (Å²) >= 11 is 0. The molecule has 7 nitrogen and oxygen atoms in total. The number of aliphatic carboxylic acids is 1. The van der Waals surface area contributed by atoms with Crippen LogP contribution in [0, 0.1) is 11.8 Å². The van der Waals surface area contributed by atoms with Gasteiger partial charge in [0.1, 0.15) is 11.6 Å². The summed E-state index contributed by atoms with van der Waals surface area (Å²) in [6.07, 6.45) is -0.467. The third-order valence-electron chi connectivity index (χ3n) is 2.93. The first-order valence-electron chi connectivity index (χ1n) is 7.84. The number of nitrogens with one attached hydrogen (secondary N) is 2. The lowest BCUT2D eigenvalue weighted by Gasteiger charge is -2.28. The van der Waals surface area contributed by atoms with Gasteiger partial charge < -0.3 is 25.3 Å². The fourth-order valence-electron chi connectivity index (χ4n) is 1.92. The maximum absolute atomic E-state index is 12.3. The molecule has 0 aromatic heterocycles. The predicted octanol–water partition coefficient (Wildman–Crippen LogP) is 0.817. The predicted molar refractivity (Wildman–Crippen MR) is 84.4 cm³/mol. The van der Waals surface area contributed by atoms with E-state index in [1.165, 1.54) is 0 Å². The number of alkyl carbamates (subject to hydrolysis) is 1. The molecule has 0 spiro atoms. The van der Waals surface area contributed by atoms with Crippen LogP contribution >= 0.6 is 0 Å². The smallest absolute Gasteiger partial charge is 0.408 e. The largest absolute Gasteiger partial charge is 0.548 e. The number of carbonyl (C=O) groups excluding carboxylic acids is 3. The van der Waals surface area contributed by atoms with Crippen LogP contribution in [-0.2, 0) is 14.3 Å². The molecular weight excluding hydrogens is 300 g/mol. The Kier molecular flexibility index (Phi) is 8.06. The number of ether oxygens (including phenoxy) is 1. The van der Waals surface area contributed by atoms with E-state index in [9.17, 15) is 19.5 Å². The van der Waals surface area contributed by atoms with Crippen LogP contribution in [0.15, 0.2) is 0 Å². The van der Waals surface area contributed by atoms with Gasteiger partial charge in [-0.1, -0.05) is 27.7 Å². The van der Waals surface area contributed by atoms with E-state index in [2.05, 4.69) is 10.6 Å². The summed E-state index contributed by atoms with van der Waals surface area (Å²) in [5.74, 6) is -2.06. The second-order valence-corrected chi connectivity index (χ2v) is 7.38. The summed E-state index contributed by atoms with van der Waals surface area (Å²) in [4.78, 5) is 35.3. The Balaban J connectivity index is 4.91. The second-order valence-electron chi connectivity index (χ2n) is 7.38. The molecule has 0 saturated carbocycles. The maximum atomic E-state index is 12.3. The molecule has 23 heavy (non-hydrogen) atoms. The molecule has 0 aliphatic carbocycles. The summed E-state index contributed by atoms with van der Waals surface area (Å²) in [5.41, 5.74) is -0.687. The van der Waals surface area contributed by atoms with Crippen LogP contribution < -0.4 is 15.7 Å². The Morgan fingerprint density at radius 2 is 1.57 bits per heavy atom. The van der Waals surface area contributed by atoms with Crippen LogP contribution in [0.3, 0.4) is 0 Å². The number of carboxylic acid groups (broad SMARTS) is 1. The zero-order valence-corrected chi connectivity index (χ0v) is 15.1. The minimum Gasteiger partial charge on any atom is -0.548 e. The molecule has 0 saturated heterocycles. The highest BCUT2D eigenvalue weighted by Crippen LogP contribution is 2.10. The number of rotatable bonds is 7. The van der Waals surface area contributed by atoms with E-state index >= 15 is 0 Å². The van der Waals surface area contributed by atoms with Crippen molar-refractivity contribution in [3.63, 3.8) is 0 Å². The van der Waals surface area contributed by atoms with Crippen LogP contribution in [-0.4, -0.2) is 35.7 Å². The van der Waals surface area contributed by atoms with E-state index in [-0.39, 0.29) is 18.3 Å². The normalized spacial score (nSPS) is 14.3. The van der Waals surface area contributed by atoms with Gasteiger partial charge in [-0.15, -0.1) is 0 Å². The van der Waals surface area contributed by atoms with E-state index < -0.39 is 35.7 Å². The van der Waals surface area contributed by atoms with Gasteiger partial charge in [0.15, 0.2) is 0 Å².